The fourth-order valence-corrected chi connectivity index (χ4v) is 2.00. The maximum absolute atomic E-state index is 12.7. The maximum atomic E-state index is 12.7. The Labute approximate surface area is 127 Å². The molecule has 0 atom stereocenters. The van der Waals surface area contributed by atoms with Gasteiger partial charge in [0.2, 0.25) is 0 Å². The van der Waals surface area contributed by atoms with Gasteiger partial charge in [0, 0.05) is 31.9 Å². The third-order valence-corrected chi connectivity index (χ3v) is 3.02. The number of rotatable bonds is 8. The van der Waals surface area contributed by atoms with Gasteiger partial charge in [-0.15, -0.1) is 0 Å². The largest absolute Gasteiger partial charge is 0.417 e. The molecule has 0 radical (unpaired) electrons. The summed E-state index contributed by atoms with van der Waals surface area (Å²) in [5.41, 5.74) is -0.487. The number of alkyl halides is 3. The Morgan fingerprint density at radius 1 is 1.19 bits per heavy atom. The molecule has 0 aliphatic rings. The first-order valence-electron chi connectivity index (χ1n) is 6.72. The van der Waals surface area contributed by atoms with E-state index in [1.54, 1.807) is 0 Å². The number of ether oxygens (including phenoxy) is 2. The van der Waals surface area contributed by atoms with E-state index in [9.17, 15) is 13.2 Å². The molecule has 1 aromatic carbocycles. The fraction of sp³-hybridized carbons (Fsp3) is 0.571. The molecule has 120 valence electrons. The standard InChI is InChI=1S/C14H19ClF3NO2/c1-3-20-13(21-4-2)7-8-19-10-5-6-12(15)11(9-10)14(16,17)18/h5-6,9,13,19H,3-4,7-8H2,1-2H3. The van der Waals surface area contributed by atoms with Crippen LogP contribution in [0.15, 0.2) is 18.2 Å². The van der Waals surface area contributed by atoms with Gasteiger partial charge in [-0.2, -0.15) is 13.2 Å². The molecule has 0 spiro atoms. The Balaban J connectivity index is 2.59. The van der Waals surface area contributed by atoms with E-state index in [2.05, 4.69) is 5.32 Å². The third kappa shape index (κ3) is 6.11. The summed E-state index contributed by atoms with van der Waals surface area (Å²) in [6.45, 7) is 5.18. The van der Waals surface area contributed by atoms with Gasteiger partial charge in [-0.3, -0.25) is 0 Å². The summed E-state index contributed by atoms with van der Waals surface area (Å²) >= 11 is 5.56. The monoisotopic (exact) mass is 325 g/mol. The van der Waals surface area contributed by atoms with Gasteiger partial charge in [0.05, 0.1) is 10.6 Å². The van der Waals surface area contributed by atoms with Gasteiger partial charge in [0.25, 0.3) is 0 Å². The van der Waals surface area contributed by atoms with Crippen molar-refractivity contribution < 1.29 is 22.6 Å². The maximum Gasteiger partial charge on any atom is 0.417 e. The van der Waals surface area contributed by atoms with Crippen LogP contribution in [-0.2, 0) is 15.7 Å². The fourth-order valence-electron chi connectivity index (χ4n) is 1.77. The molecule has 7 heteroatoms. The van der Waals surface area contributed by atoms with Crippen molar-refractivity contribution in [3.8, 4) is 0 Å². The van der Waals surface area contributed by atoms with Crippen molar-refractivity contribution >= 4 is 17.3 Å². The Kier molecular flexibility index (Phi) is 7.28. The van der Waals surface area contributed by atoms with E-state index in [1.165, 1.54) is 12.1 Å². The molecule has 0 amide bonds. The predicted octanol–water partition coefficient (Wildman–Crippen LogP) is 4.56. The zero-order valence-electron chi connectivity index (χ0n) is 12.0. The average molecular weight is 326 g/mol. The van der Waals surface area contributed by atoms with Crippen LogP contribution >= 0.6 is 11.6 Å². The number of halogens is 4. The topological polar surface area (TPSA) is 30.5 Å². The van der Waals surface area contributed by atoms with Gasteiger partial charge in [-0.05, 0) is 32.0 Å². The first-order chi connectivity index (χ1) is 9.88. The molecule has 21 heavy (non-hydrogen) atoms. The Morgan fingerprint density at radius 2 is 1.81 bits per heavy atom. The third-order valence-electron chi connectivity index (χ3n) is 2.69. The van der Waals surface area contributed by atoms with E-state index in [-0.39, 0.29) is 11.3 Å². The lowest BCUT2D eigenvalue weighted by atomic mass is 10.2. The predicted molar refractivity (Wildman–Crippen MR) is 76.6 cm³/mol. The molecule has 0 aliphatic carbocycles. The van der Waals surface area contributed by atoms with Crippen molar-refractivity contribution in [1.82, 2.24) is 0 Å². The first-order valence-corrected chi connectivity index (χ1v) is 7.10. The molecule has 1 rings (SSSR count). The first kappa shape index (κ1) is 18.1. The van der Waals surface area contributed by atoms with Gasteiger partial charge in [-0.25, -0.2) is 0 Å². The van der Waals surface area contributed by atoms with Crippen molar-refractivity contribution in [3.63, 3.8) is 0 Å². The van der Waals surface area contributed by atoms with E-state index in [1.807, 2.05) is 13.8 Å². The highest BCUT2D eigenvalue weighted by molar-refractivity contribution is 6.31. The van der Waals surface area contributed by atoms with Crippen LogP contribution in [0.2, 0.25) is 5.02 Å². The van der Waals surface area contributed by atoms with Crippen molar-refractivity contribution in [1.29, 1.82) is 0 Å². The van der Waals surface area contributed by atoms with Crippen LogP contribution in [0.1, 0.15) is 25.8 Å². The van der Waals surface area contributed by atoms with Gasteiger partial charge >= 0.3 is 6.18 Å². The number of nitrogens with one attached hydrogen (secondary N) is 1. The molecule has 0 unspecified atom stereocenters. The van der Waals surface area contributed by atoms with E-state index in [0.29, 0.717) is 31.9 Å². The molecular weight excluding hydrogens is 307 g/mol. The zero-order valence-corrected chi connectivity index (χ0v) is 12.7. The molecular formula is C14H19ClF3NO2. The molecule has 0 saturated carbocycles. The number of hydrogen-bond donors (Lipinski definition) is 1. The summed E-state index contributed by atoms with van der Waals surface area (Å²) in [5, 5.41) is 2.60. The summed E-state index contributed by atoms with van der Waals surface area (Å²) < 4.78 is 48.9. The molecule has 0 saturated heterocycles. The normalized spacial score (nSPS) is 12.0. The Bertz CT molecular complexity index is 435. The summed E-state index contributed by atoms with van der Waals surface area (Å²) in [4.78, 5) is 0. The molecule has 0 aromatic heterocycles. The highest BCUT2D eigenvalue weighted by Gasteiger charge is 2.33. The second-order valence-electron chi connectivity index (χ2n) is 4.25. The number of anilines is 1. The molecule has 3 nitrogen and oxygen atoms in total. The van der Waals surface area contributed by atoms with Crippen LogP contribution in [0.5, 0.6) is 0 Å². The Morgan fingerprint density at radius 3 is 2.33 bits per heavy atom. The summed E-state index contributed by atoms with van der Waals surface area (Å²) in [6.07, 6.45) is -4.29. The second-order valence-corrected chi connectivity index (χ2v) is 4.66. The summed E-state index contributed by atoms with van der Waals surface area (Å²) in [6, 6.07) is 3.74. The Hall–Kier alpha value is -0.980. The quantitative estimate of drug-likeness (QED) is 0.711. The van der Waals surface area contributed by atoms with Crippen LogP contribution in [0.3, 0.4) is 0 Å². The van der Waals surface area contributed by atoms with Gasteiger partial charge in [0.1, 0.15) is 0 Å². The molecule has 0 fully saturated rings. The number of hydrogen-bond acceptors (Lipinski definition) is 3. The van der Waals surface area contributed by atoms with Crippen molar-refractivity contribution in [2.45, 2.75) is 32.7 Å². The van der Waals surface area contributed by atoms with Crippen molar-refractivity contribution in [2.75, 3.05) is 25.1 Å². The summed E-state index contributed by atoms with van der Waals surface area (Å²) in [7, 11) is 0. The van der Waals surface area contributed by atoms with Gasteiger partial charge in [0.15, 0.2) is 6.29 Å². The average Bonchev–Trinajstić information content (AvgIpc) is 2.40. The minimum atomic E-state index is -4.46. The van der Waals surface area contributed by atoms with E-state index >= 15 is 0 Å². The molecule has 0 heterocycles. The highest BCUT2D eigenvalue weighted by Crippen LogP contribution is 2.36. The molecule has 0 aliphatic heterocycles. The lowest BCUT2D eigenvalue weighted by Crippen LogP contribution is -2.21. The SMILES string of the molecule is CCOC(CCNc1ccc(Cl)c(C(F)(F)F)c1)OCC. The smallest absolute Gasteiger partial charge is 0.385 e. The van der Waals surface area contributed by atoms with Crippen molar-refractivity contribution in [3.05, 3.63) is 28.8 Å². The second kappa shape index (κ2) is 8.46. The molecule has 1 aromatic rings. The minimum Gasteiger partial charge on any atom is -0.385 e. The van der Waals surface area contributed by atoms with Crippen molar-refractivity contribution in [2.24, 2.45) is 0 Å². The van der Waals surface area contributed by atoms with Crippen LogP contribution in [-0.4, -0.2) is 26.0 Å². The van der Waals surface area contributed by atoms with Crippen LogP contribution < -0.4 is 5.32 Å². The van der Waals surface area contributed by atoms with E-state index in [0.717, 1.165) is 6.07 Å². The van der Waals surface area contributed by atoms with E-state index < -0.39 is 11.7 Å². The number of benzene rings is 1. The summed E-state index contributed by atoms with van der Waals surface area (Å²) in [5.74, 6) is 0. The highest BCUT2D eigenvalue weighted by atomic mass is 35.5. The zero-order chi connectivity index (χ0) is 15.9. The molecule has 0 bridgehead atoms. The van der Waals surface area contributed by atoms with Gasteiger partial charge < -0.3 is 14.8 Å². The van der Waals surface area contributed by atoms with Crippen LogP contribution in [0.4, 0.5) is 18.9 Å². The van der Waals surface area contributed by atoms with Gasteiger partial charge in [-0.1, -0.05) is 11.6 Å². The molecule has 1 N–H and O–H groups in total. The lowest BCUT2D eigenvalue weighted by molar-refractivity contribution is -0.138. The lowest BCUT2D eigenvalue weighted by Gasteiger charge is -2.18. The minimum absolute atomic E-state index is 0.311. The van der Waals surface area contributed by atoms with Crippen LogP contribution in [0.25, 0.3) is 0 Å². The van der Waals surface area contributed by atoms with E-state index in [4.69, 9.17) is 21.1 Å². The van der Waals surface area contributed by atoms with Crippen LogP contribution in [0, 0.1) is 0 Å².